The lowest BCUT2D eigenvalue weighted by molar-refractivity contribution is -0.870. The predicted octanol–water partition coefficient (Wildman–Crippen LogP) is 19.4. The first-order valence-electron chi connectivity index (χ1n) is 31.3. The highest BCUT2D eigenvalue weighted by atomic mass is 31.2. The third-order valence-electron chi connectivity index (χ3n) is 13.9. The van der Waals surface area contributed by atoms with Crippen molar-refractivity contribution in [1.29, 1.82) is 0 Å². The average Bonchev–Trinajstić information content (AvgIpc) is 3.36. The van der Waals surface area contributed by atoms with Gasteiger partial charge in [0.25, 0.3) is 0 Å². The van der Waals surface area contributed by atoms with E-state index in [2.05, 4.69) is 79.9 Å². The molecule has 0 radical (unpaired) electrons. The van der Waals surface area contributed by atoms with E-state index in [9.17, 15) is 19.4 Å². The van der Waals surface area contributed by atoms with E-state index >= 15 is 0 Å². The quantitative estimate of drug-likeness (QED) is 0.0243. The number of nitrogens with zero attached hydrogens (tertiary/aromatic N) is 1. The minimum atomic E-state index is -4.35. The highest BCUT2D eigenvalue weighted by Crippen LogP contribution is 2.43. The fourth-order valence-corrected chi connectivity index (χ4v) is 9.81. The SMILES string of the molecule is CC/C=C\C/C=C\C/C=C\C/C=C\C/C=C\CCCCCCCCCCCCCC(=O)NC(COP(=O)(O)OCC[N+](C)(C)C)C(O)/C=C/CCCCCCCCCCCCCCCCCCCCCCCCC. The number of aliphatic hydroxyl groups is 1. The van der Waals surface area contributed by atoms with Gasteiger partial charge in [-0.1, -0.05) is 286 Å². The van der Waals surface area contributed by atoms with Gasteiger partial charge in [0.15, 0.2) is 0 Å². The first-order valence-corrected chi connectivity index (χ1v) is 32.8. The Morgan fingerprint density at radius 3 is 1.19 bits per heavy atom. The molecule has 432 valence electrons. The molecule has 0 aliphatic rings. The highest BCUT2D eigenvalue weighted by molar-refractivity contribution is 7.47. The van der Waals surface area contributed by atoms with Crippen molar-refractivity contribution in [3.05, 3.63) is 72.9 Å². The molecule has 3 atom stereocenters. The zero-order valence-electron chi connectivity index (χ0n) is 49.3. The predicted molar refractivity (Wildman–Crippen MR) is 323 cm³/mol. The van der Waals surface area contributed by atoms with Crippen molar-refractivity contribution in [3.63, 3.8) is 0 Å². The van der Waals surface area contributed by atoms with Gasteiger partial charge >= 0.3 is 7.82 Å². The molecular weight excluding hydrogens is 936 g/mol. The maximum atomic E-state index is 13.0. The smallest absolute Gasteiger partial charge is 0.387 e. The number of carbonyl (C=O) groups is 1. The Morgan fingerprint density at radius 1 is 0.473 bits per heavy atom. The Kier molecular flexibility index (Phi) is 54.1. The average molecular weight is 1060 g/mol. The molecule has 0 aromatic carbocycles. The van der Waals surface area contributed by atoms with E-state index < -0.39 is 20.0 Å². The summed E-state index contributed by atoms with van der Waals surface area (Å²) in [6, 6.07) is -0.853. The van der Waals surface area contributed by atoms with Crippen molar-refractivity contribution < 1.29 is 32.9 Å². The number of allylic oxidation sites excluding steroid dienone is 11. The van der Waals surface area contributed by atoms with Crippen LogP contribution in [-0.4, -0.2) is 73.4 Å². The maximum Gasteiger partial charge on any atom is 0.472 e. The largest absolute Gasteiger partial charge is 0.472 e. The van der Waals surface area contributed by atoms with Crippen molar-refractivity contribution in [1.82, 2.24) is 5.32 Å². The number of phosphoric ester groups is 1. The number of amides is 1. The van der Waals surface area contributed by atoms with Crippen LogP contribution in [0.4, 0.5) is 0 Å². The third kappa shape index (κ3) is 57.6. The van der Waals surface area contributed by atoms with E-state index in [1.807, 2.05) is 27.2 Å². The van der Waals surface area contributed by atoms with Crippen LogP contribution in [0.1, 0.15) is 284 Å². The second-order valence-corrected chi connectivity index (χ2v) is 23.9. The van der Waals surface area contributed by atoms with Crippen molar-refractivity contribution in [2.75, 3.05) is 40.9 Å². The zero-order chi connectivity index (χ0) is 54.2. The molecule has 0 spiro atoms. The summed E-state index contributed by atoms with van der Waals surface area (Å²) < 4.78 is 23.8. The van der Waals surface area contributed by atoms with Gasteiger partial charge in [0.1, 0.15) is 13.2 Å². The molecule has 0 bridgehead atoms. The summed E-state index contributed by atoms with van der Waals surface area (Å²) in [5, 5.41) is 14.0. The molecule has 9 heteroatoms. The van der Waals surface area contributed by atoms with Crippen LogP contribution in [0.5, 0.6) is 0 Å². The molecule has 8 nitrogen and oxygen atoms in total. The molecule has 0 aromatic heterocycles. The summed E-state index contributed by atoms with van der Waals surface area (Å²) in [5.41, 5.74) is 0. The van der Waals surface area contributed by atoms with Crippen LogP contribution in [0.25, 0.3) is 0 Å². The van der Waals surface area contributed by atoms with E-state index in [0.717, 1.165) is 70.6 Å². The van der Waals surface area contributed by atoms with Crippen LogP contribution in [0.3, 0.4) is 0 Å². The minimum absolute atomic E-state index is 0.0588. The summed E-state index contributed by atoms with van der Waals surface area (Å²) in [6.45, 7) is 4.73. The van der Waals surface area contributed by atoms with Gasteiger partial charge < -0.3 is 19.8 Å². The van der Waals surface area contributed by atoms with Crippen LogP contribution >= 0.6 is 7.82 Å². The first kappa shape index (κ1) is 71.9. The molecule has 0 saturated heterocycles. The number of likely N-dealkylation sites (N-methyl/N-ethyl adjacent to an activating group) is 1. The number of carbonyl (C=O) groups excluding carboxylic acids is 1. The Labute approximate surface area is 459 Å². The highest BCUT2D eigenvalue weighted by Gasteiger charge is 2.27. The summed E-state index contributed by atoms with van der Waals surface area (Å²) in [7, 11) is 1.57. The summed E-state index contributed by atoms with van der Waals surface area (Å²) in [4.78, 5) is 23.4. The van der Waals surface area contributed by atoms with Gasteiger partial charge in [-0.05, 0) is 64.2 Å². The number of quaternary nitrogens is 1. The molecule has 3 N–H and O–H groups in total. The van der Waals surface area contributed by atoms with Crippen molar-refractivity contribution >= 4 is 13.7 Å². The standard InChI is InChI=1S/C65H121N2O6P/c1-6-8-10-12-14-16-18-20-22-24-26-28-30-32-33-35-37-39-41-43-45-47-49-51-53-55-57-59-65(69)66-63(62-73-74(70,71)72-61-60-67(3,4)5)64(68)58-56-54-52-50-48-46-44-42-40-38-36-34-31-29-27-25-23-21-19-17-15-13-11-9-7-2/h8,10,14,16,20,22,26,28,32-33,56,58,63-64,68H,6-7,9,11-13,15,17-19,21,23-25,27,29-31,34-55,57,59-62H2,1-5H3,(H-,66,69,70,71)/p+1/b10-8-,16-14-,22-20-,28-26-,33-32-,58-56+. The van der Waals surface area contributed by atoms with E-state index in [4.69, 9.17) is 9.05 Å². The van der Waals surface area contributed by atoms with Gasteiger partial charge in [-0.3, -0.25) is 13.8 Å². The second kappa shape index (κ2) is 55.7. The Balaban J connectivity index is 4.17. The number of hydrogen-bond acceptors (Lipinski definition) is 5. The van der Waals surface area contributed by atoms with Gasteiger partial charge in [0.2, 0.25) is 5.91 Å². The van der Waals surface area contributed by atoms with Crippen LogP contribution < -0.4 is 5.32 Å². The molecule has 0 aliphatic heterocycles. The number of hydrogen-bond donors (Lipinski definition) is 3. The normalized spacial score (nSPS) is 14.3. The molecule has 0 fully saturated rings. The Hall–Kier alpha value is -2.06. The van der Waals surface area contributed by atoms with E-state index in [0.29, 0.717) is 17.4 Å². The minimum Gasteiger partial charge on any atom is -0.387 e. The maximum absolute atomic E-state index is 13.0. The van der Waals surface area contributed by atoms with E-state index in [1.54, 1.807) is 6.08 Å². The monoisotopic (exact) mass is 1060 g/mol. The van der Waals surface area contributed by atoms with E-state index in [1.165, 1.54) is 193 Å². The lowest BCUT2D eigenvalue weighted by Gasteiger charge is -2.25. The first-order chi connectivity index (χ1) is 36.0. The number of phosphoric acid groups is 1. The Bertz CT molecular complexity index is 1430. The number of unbranched alkanes of at least 4 members (excludes halogenated alkanes) is 34. The van der Waals surface area contributed by atoms with Gasteiger partial charge in [-0.15, -0.1) is 0 Å². The van der Waals surface area contributed by atoms with Gasteiger partial charge in [0.05, 0.1) is 39.9 Å². The third-order valence-corrected chi connectivity index (χ3v) is 14.9. The molecule has 0 aliphatic carbocycles. The Morgan fingerprint density at radius 2 is 0.811 bits per heavy atom. The molecule has 0 heterocycles. The van der Waals surface area contributed by atoms with Gasteiger partial charge in [0, 0.05) is 6.42 Å². The fourth-order valence-electron chi connectivity index (χ4n) is 9.07. The molecule has 3 unspecified atom stereocenters. The molecule has 0 rings (SSSR count). The topological polar surface area (TPSA) is 105 Å². The molecular formula is C65H122N2O6P+. The summed E-state index contributed by atoms with van der Waals surface area (Å²) in [5.74, 6) is -0.180. The lowest BCUT2D eigenvalue weighted by Crippen LogP contribution is -2.45. The molecule has 0 saturated carbocycles. The number of aliphatic hydroxyl groups excluding tert-OH is 1. The number of rotatable bonds is 57. The van der Waals surface area contributed by atoms with Gasteiger partial charge in [-0.2, -0.15) is 0 Å². The molecule has 0 aromatic rings. The van der Waals surface area contributed by atoms with Crippen LogP contribution in [0.2, 0.25) is 0 Å². The lowest BCUT2D eigenvalue weighted by atomic mass is 10.0. The van der Waals surface area contributed by atoms with Crippen LogP contribution in [-0.2, 0) is 18.4 Å². The molecule has 1 amide bonds. The fraction of sp³-hybridized carbons (Fsp3) is 0.800. The molecule has 74 heavy (non-hydrogen) atoms. The number of nitrogens with one attached hydrogen (secondary N) is 1. The van der Waals surface area contributed by atoms with E-state index in [-0.39, 0.29) is 19.1 Å². The van der Waals surface area contributed by atoms with Crippen molar-refractivity contribution in [2.24, 2.45) is 0 Å². The van der Waals surface area contributed by atoms with Crippen LogP contribution in [0, 0.1) is 0 Å². The zero-order valence-corrected chi connectivity index (χ0v) is 50.2. The van der Waals surface area contributed by atoms with Crippen molar-refractivity contribution in [3.8, 4) is 0 Å². The van der Waals surface area contributed by atoms with Crippen molar-refractivity contribution in [2.45, 2.75) is 296 Å². The second-order valence-electron chi connectivity index (χ2n) is 22.4. The van der Waals surface area contributed by atoms with Gasteiger partial charge in [-0.25, -0.2) is 4.57 Å². The summed E-state index contributed by atoms with van der Waals surface area (Å²) in [6.07, 6.45) is 77.3. The summed E-state index contributed by atoms with van der Waals surface area (Å²) >= 11 is 0. The van der Waals surface area contributed by atoms with Crippen LogP contribution in [0.15, 0.2) is 72.9 Å².